The first-order valence-electron chi connectivity index (χ1n) is 3.23. The van der Waals surface area contributed by atoms with Crippen LogP contribution < -0.4 is 5.73 Å². The first-order chi connectivity index (χ1) is 4.70. The van der Waals surface area contributed by atoms with E-state index in [0.717, 1.165) is 5.69 Å². The molecular weight excluding hydrogens is 142 g/mol. The van der Waals surface area contributed by atoms with E-state index in [2.05, 4.69) is 12.6 Å². The van der Waals surface area contributed by atoms with Crippen molar-refractivity contribution in [3.63, 3.8) is 0 Å². The van der Waals surface area contributed by atoms with Gasteiger partial charge in [0.1, 0.15) is 0 Å². The van der Waals surface area contributed by atoms with E-state index in [9.17, 15) is 0 Å². The number of nitrogens with two attached hydrogens (primary N) is 1. The number of hydrogen-bond acceptors (Lipinski definition) is 2. The number of thiol groups is 1. The van der Waals surface area contributed by atoms with Gasteiger partial charge in [0.25, 0.3) is 0 Å². The number of hydrogen-bond donors (Lipinski definition) is 2. The monoisotopic (exact) mass is 153 g/mol. The van der Waals surface area contributed by atoms with E-state index in [-0.39, 0.29) is 5.25 Å². The molecule has 1 nitrogen and oxygen atoms in total. The first kappa shape index (κ1) is 7.48. The van der Waals surface area contributed by atoms with Crippen LogP contribution in [0.15, 0.2) is 24.3 Å². The van der Waals surface area contributed by atoms with Gasteiger partial charge in [-0.05, 0) is 24.6 Å². The zero-order chi connectivity index (χ0) is 7.56. The average molecular weight is 153 g/mol. The second-order valence-corrected chi connectivity index (χ2v) is 3.12. The van der Waals surface area contributed by atoms with Gasteiger partial charge < -0.3 is 5.73 Å². The third-order valence-electron chi connectivity index (χ3n) is 1.39. The maximum atomic E-state index is 5.56. The molecule has 1 unspecified atom stereocenters. The maximum Gasteiger partial charge on any atom is 0.0317 e. The van der Waals surface area contributed by atoms with Crippen LogP contribution in [0.2, 0.25) is 0 Å². The zero-order valence-electron chi connectivity index (χ0n) is 5.91. The molecule has 1 aromatic carbocycles. The summed E-state index contributed by atoms with van der Waals surface area (Å²) in [6.45, 7) is 2.03. The summed E-state index contributed by atoms with van der Waals surface area (Å²) in [7, 11) is 0. The van der Waals surface area contributed by atoms with Crippen molar-refractivity contribution in [2.75, 3.05) is 5.73 Å². The number of rotatable bonds is 1. The predicted octanol–water partition coefficient (Wildman–Crippen LogP) is 2.26. The Morgan fingerprint density at radius 1 is 1.50 bits per heavy atom. The van der Waals surface area contributed by atoms with E-state index in [4.69, 9.17) is 5.73 Å². The lowest BCUT2D eigenvalue weighted by atomic mass is 10.1. The molecule has 0 bridgehead atoms. The van der Waals surface area contributed by atoms with Gasteiger partial charge in [0.15, 0.2) is 0 Å². The molecule has 0 amide bonds. The predicted molar refractivity (Wildman–Crippen MR) is 48.3 cm³/mol. The molecule has 54 valence electrons. The van der Waals surface area contributed by atoms with Crippen molar-refractivity contribution in [1.82, 2.24) is 0 Å². The lowest BCUT2D eigenvalue weighted by Gasteiger charge is -2.03. The molecule has 0 fully saturated rings. The quantitative estimate of drug-likeness (QED) is 0.469. The van der Waals surface area contributed by atoms with Gasteiger partial charge in [0.05, 0.1) is 0 Å². The number of benzene rings is 1. The molecule has 1 aromatic rings. The first-order valence-corrected chi connectivity index (χ1v) is 3.75. The van der Waals surface area contributed by atoms with Gasteiger partial charge in [0.2, 0.25) is 0 Å². The minimum Gasteiger partial charge on any atom is -0.399 e. The molecule has 0 aromatic heterocycles. The van der Waals surface area contributed by atoms with E-state index in [1.165, 1.54) is 5.56 Å². The van der Waals surface area contributed by atoms with Crippen molar-refractivity contribution >= 4 is 18.3 Å². The largest absolute Gasteiger partial charge is 0.399 e. The molecule has 2 N–H and O–H groups in total. The highest BCUT2D eigenvalue weighted by Crippen LogP contribution is 2.19. The third kappa shape index (κ3) is 1.67. The van der Waals surface area contributed by atoms with Crippen LogP contribution >= 0.6 is 12.6 Å². The normalized spacial score (nSPS) is 13.0. The van der Waals surface area contributed by atoms with Gasteiger partial charge in [-0.25, -0.2) is 0 Å². The Hall–Kier alpha value is -0.630. The lowest BCUT2D eigenvalue weighted by Crippen LogP contribution is -1.88. The minimum atomic E-state index is 0.267. The molecule has 0 aliphatic heterocycles. The second-order valence-electron chi connectivity index (χ2n) is 2.35. The molecule has 0 spiro atoms. The summed E-state index contributed by atoms with van der Waals surface area (Å²) < 4.78 is 0. The van der Waals surface area contributed by atoms with Crippen molar-refractivity contribution < 1.29 is 0 Å². The molecule has 2 heteroatoms. The summed E-state index contributed by atoms with van der Waals surface area (Å²) in [6, 6.07) is 7.78. The van der Waals surface area contributed by atoms with Crippen molar-refractivity contribution in [1.29, 1.82) is 0 Å². The average Bonchev–Trinajstić information content (AvgIpc) is 1.88. The van der Waals surface area contributed by atoms with Crippen molar-refractivity contribution in [2.45, 2.75) is 12.2 Å². The Kier molecular flexibility index (Phi) is 2.22. The Morgan fingerprint density at radius 3 is 2.60 bits per heavy atom. The van der Waals surface area contributed by atoms with Crippen molar-refractivity contribution in [3.05, 3.63) is 29.8 Å². The fourth-order valence-corrected chi connectivity index (χ4v) is 0.979. The second kappa shape index (κ2) is 2.97. The zero-order valence-corrected chi connectivity index (χ0v) is 6.81. The molecular formula is C8H11NS. The van der Waals surface area contributed by atoms with Crippen LogP contribution in [0.5, 0.6) is 0 Å². The fraction of sp³-hybridized carbons (Fsp3) is 0.250. The summed E-state index contributed by atoms with van der Waals surface area (Å²) in [5.41, 5.74) is 7.54. The van der Waals surface area contributed by atoms with Crippen LogP contribution in [-0.4, -0.2) is 0 Å². The van der Waals surface area contributed by atoms with Gasteiger partial charge in [-0.15, -0.1) is 0 Å². The molecule has 0 aliphatic rings. The highest BCUT2D eigenvalue weighted by Gasteiger charge is 1.97. The number of anilines is 1. The van der Waals surface area contributed by atoms with Gasteiger partial charge in [0, 0.05) is 10.9 Å². The number of nitrogen functional groups attached to an aromatic ring is 1. The topological polar surface area (TPSA) is 26.0 Å². The van der Waals surface area contributed by atoms with Gasteiger partial charge in [-0.1, -0.05) is 12.1 Å². The maximum absolute atomic E-state index is 5.56. The van der Waals surface area contributed by atoms with Crippen molar-refractivity contribution in [3.8, 4) is 0 Å². The lowest BCUT2D eigenvalue weighted by molar-refractivity contribution is 1.11. The highest BCUT2D eigenvalue weighted by molar-refractivity contribution is 7.80. The molecule has 0 saturated carbocycles. The van der Waals surface area contributed by atoms with E-state index in [1.807, 2.05) is 31.2 Å². The minimum absolute atomic E-state index is 0.267. The van der Waals surface area contributed by atoms with Crippen LogP contribution in [0.3, 0.4) is 0 Å². The molecule has 0 saturated heterocycles. The van der Waals surface area contributed by atoms with Gasteiger partial charge >= 0.3 is 0 Å². The Morgan fingerprint density at radius 2 is 2.20 bits per heavy atom. The summed E-state index contributed by atoms with van der Waals surface area (Å²) in [5, 5.41) is 0.267. The molecule has 0 radical (unpaired) electrons. The molecule has 10 heavy (non-hydrogen) atoms. The summed E-state index contributed by atoms with van der Waals surface area (Å²) in [5.74, 6) is 0. The summed E-state index contributed by atoms with van der Waals surface area (Å²) >= 11 is 4.28. The summed E-state index contributed by atoms with van der Waals surface area (Å²) in [6.07, 6.45) is 0. The molecule has 0 heterocycles. The molecule has 1 rings (SSSR count). The SMILES string of the molecule is CC(S)c1cccc(N)c1. The van der Waals surface area contributed by atoms with Crippen LogP contribution in [0, 0.1) is 0 Å². The molecule has 0 aliphatic carbocycles. The van der Waals surface area contributed by atoms with Crippen LogP contribution in [0.25, 0.3) is 0 Å². The van der Waals surface area contributed by atoms with E-state index < -0.39 is 0 Å². The third-order valence-corrected chi connectivity index (χ3v) is 1.69. The Labute approximate surface area is 66.7 Å². The van der Waals surface area contributed by atoms with Crippen LogP contribution in [0.4, 0.5) is 5.69 Å². The summed E-state index contributed by atoms with van der Waals surface area (Å²) in [4.78, 5) is 0. The van der Waals surface area contributed by atoms with E-state index in [0.29, 0.717) is 0 Å². The van der Waals surface area contributed by atoms with Crippen molar-refractivity contribution in [2.24, 2.45) is 0 Å². The standard InChI is InChI=1S/C8H11NS/c1-6(10)7-3-2-4-8(9)5-7/h2-6,10H,9H2,1H3. The Bertz CT molecular complexity index is 220. The van der Waals surface area contributed by atoms with E-state index in [1.54, 1.807) is 0 Å². The van der Waals surface area contributed by atoms with E-state index >= 15 is 0 Å². The fourth-order valence-electron chi connectivity index (χ4n) is 0.819. The van der Waals surface area contributed by atoms with Gasteiger partial charge in [-0.2, -0.15) is 12.6 Å². The van der Waals surface area contributed by atoms with Crippen LogP contribution in [-0.2, 0) is 0 Å². The highest BCUT2D eigenvalue weighted by atomic mass is 32.1. The molecule has 1 atom stereocenters. The van der Waals surface area contributed by atoms with Gasteiger partial charge in [-0.3, -0.25) is 0 Å². The van der Waals surface area contributed by atoms with Crippen LogP contribution in [0.1, 0.15) is 17.7 Å². The smallest absolute Gasteiger partial charge is 0.0317 e. The Balaban J connectivity index is 2.96.